The van der Waals surface area contributed by atoms with E-state index in [1.165, 1.54) is 18.3 Å². The topological polar surface area (TPSA) is 83.6 Å². The van der Waals surface area contributed by atoms with Crippen molar-refractivity contribution in [3.63, 3.8) is 0 Å². The first-order valence-electron chi connectivity index (χ1n) is 10.7. The minimum atomic E-state index is -4.56. The van der Waals surface area contributed by atoms with Crippen molar-refractivity contribution in [2.45, 2.75) is 13.1 Å². The van der Waals surface area contributed by atoms with Crippen LogP contribution in [0.25, 0.3) is 0 Å². The van der Waals surface area contributed by atoms with Crippen LogP contribution in [0, 0.1) is 6.92 Å². The van der Waals surface area contributed by atoms with Crippen molar-refractivity contribution >= 4 is 23.2 Å². The van der Waals surface area contributed by atoms with Gasteiger partial charge < -0.3 is 20.3 Å². The van der Waals surface area contributed by atoms with Gasteiger partial charge in [-0.2, -0.15) is 13.2 Å². The maximum Gasteiger partial charge on any atom is 0.416 e. The van der Waals surface area contributed by atoms with Crippen molar-refractivity contribution in [3.05, 3.63) is 83.2 Å². The van der Waals surface area contributed by atoms with Gasteiger partial charge in [-0.1, -0.05) is 12.1 Å². The number of amides is 2. The number of aromatic nitrogens is 1. The lowest BCUT2D eigenvalue weighted by atomic mass is 10.1. The number of hydrogen-bond donors (Lipinski definition) is 2. The number of alkyl halides is 3. The fourth-order valence-electron chi connectivity index (χ4n) is 3.10. The first-order valence-corrected chi connectivity index (χ1v) is 10.7. The molecule has 0 saturated heterocycles. The number of nitrogens with zero attached hydrogens (tertiary/aromatic N) is 2. The number of nitrogens with one attached hydrogen (secondary N) is 2. The van der Waals surface area contributed by atoms with Gasteiger partial charge in [-0.25, -0.2) is 0 Å². The third kappa shape index (κ3) is 7.28. The zero-order valence-corrected chi connectivity index (χ0v) is 19.4. The molecule has 0 aliphatic rings. The highest BCUT2D eigenvalue weighted by Gasteiger charge is 2.30. The van der Waals surface area contributed by atoms with Crippen LogP contribution in [0.5, 0.6) is 5.75 Å². The van der Waals surface area contributed by atoms with Gasteiger partial charge in [0.25, 0.3) is 11.8 Å². The number of likely N-dealkylation sites (N-methyl/N-ethyl adjacent to an activating group) is 1. The number of carbonyl (C=O) groups excluding carboxylic acids is 2. The van der Waals surface area contributed by atoms with Crippen LogP contribution in [0.3, 0.4) is 0 Å². The first-order chi connectivity index (χ1) is 16.5. The third-order valence-electron chi connectivity index (χ3n) is 4.97. The van der Waals surface area contributed by atoms with E-state index in [1.54, 1.807) is 31.3 Å². The van der Waals surface area contributed by atoms with Gasteiger partial charge in [0.05, 0.1) is 23.6 Å². The molecule has 2 aromatic carbocycles. The Labute approximate surface area is 200 Å². The molecule has 2 N–H and O–H groups in total. The molecule has 0 aliphatic carbocycles. The van der Waals surface area contributed by atoms with Crippen molar-refractivity contribution < 1.29 is 27.5 Å². The number of aryl methyl sites for hydroxylation is 1. The Morgan fingerprint density at radius 3 is 2.43 bits per heavy atom. The SMILES string of the molecule is Cc1ccc(NC(=O)c2cccc(C(F)(F)F)c2)cc1C(=O)Nc1cncc(OCCN(C)C)c1. The molecule has 0 radical (unpaired) electrons. The van der Waals surface area contributed by atoms with Crippen molar-refractivity contribution in [3.8, 4) is 5.75 Å². The molecule has 0 bridgehead atoms. The number of pyridine rings is 1. The second-order valence-corrected chi connectivity index (χ2v) is 8.08. The molecule has 3 rings (SSSR count). The number of rotatable bonds is 8. The Balaban J connectivity index is 1.71. The number of ether oxygens (including phenoxy) is 1. The van der Waals surface area contributed by atoms with Crippen molar-refractivity contribution in [1.82, 2.24) is 9.88 Å². The molecule has 7 nitrogen and oxygen atoms in total. The predicted molar refractivity (Wildman–Crippen MR) is 127 cm³/mol. The van der Waals surface area contributed by atoms with E-state index < -0.39 is 23.6 Å². The highest BCUT2D eigenvalue weighted by Crippen LogP contribution is 2.29. The van der Waals surface area contributed by atoms with Gasteiger partial charge in [0.15, 0.2) is 0 Å². The molecule has 1 heterocycles. The zero-order valence-electron chi connectivity index (χ0n) is 19.4. The van der Waals surface area contributed by atoms with Crippen LogP contribution in [-0.2, 0) is 6.18 Å². The molecule has 0 aliphatic heterocycles. The predicted octanol–water partition coefficient (Wildman–Crippen LogP) is 4.85. The lowest BCUT2D eigenvalue weighted by molar-refractivity contribution is -0.137. The van der Waals surface area contributed by atoms with E-state index >= 15 is 0 Å². The number of benzene rings is 2. The maximum absolute atomic E-state index is 13.0. The number of anilines is 2. The average Bonchev–Trinajstić information content (AvgIpc) is 2.80. The molecule has 1 aromatic heterocycles. The van der Waals surface area contributed by atoms with Crippen molar-refractivity contribution in [2.75, 3.05) is 37.9 Å². The summed E-state index contributed by atoms with van der Waals surface area (Å²) in [7, 11) is 3.85. The van der Waals surface area contributed by atoms with Crippen LogP contribution >= 0.6 is 0 Å². The van der Waals surface area contributed by atoms with Gasteiger partial charge in [-0.05, 0) is 56.9 Å². The Morgan fingerprint density at radius 1 is 0.971 bits per heavy atom. The molecule has 0 saturated carbocycles. The summed E-state index contributed by atoms with van der Waals surface area (Å²) in [5, 5.41) is 5.29. The van der Waals surface area contributed by atoms with Crippen LogP contribution in [0.15, 0.2) is 60.9 Å². The largest absolute Gasteiger partial charge is 0.491 e. The van der Waals surface area contributed by atoms with Gasteiger partial charge in [-0.15, -0.1) is 0 Å². The summed E-state index contributed by atoms with van der Waals surface area (Å²) >= 11 is 0. The standard InChI is InChI=1S/C25H25F3N4O3/c1-16-7-8-19(30-23(33)17-5-4-6-18(11-17)25(26,27)28)13-22(16)24(34)31-20-12-21(15-29-14-20)35-10-9-32(2)3/h4-8,11-15H,9-10H2,1-3H3,(H,30,33)(H,31,34). The molecular formula is C25H25F3N4O3. The van der Waals surface area contributed by atoms with E-state index in [4.69, 9.17) is 4.74 Å². The molecule has 184 valence electrons. The van der Waals surface area contributed by atoms with Crippen LogP contribution in [0.2, 0.25) is 0 Å². The number of halogens is 3. The Bertz CT molecular complexity index is 1210. The first kappa shape index (κ1) is 25.7. The van der Waals surface area contributed by atoms with Gasteiger partial charge in [0.2, 0.25) is 0 Å². The Hall–Kier alpha value is -3.92. The fraction of sp³-hybridized carbons (Fsp3) is 0.240. The highest BCUT2D eigenvalue weighted by atomic mass is 19.4. The molecule has 2 amide bonds. The minimum Gasteiger partial charge on any atom is -0.491 e. The summed E-state index contributed by atoms with van der Waals surface area (Å²) in [6, 6.07) is 10.4. The lowest BCUT2D eigenvalue weighted by Crippen LogP contribution is -2.19. The van der Waals surface area contributed by atoms with Crippen LogP contribution in [-0.4, -0.2) is 48.9 Å². The summed E-state index contributed by atoms with van der Waals surface area (Å²) in [5.41, 5.74) is 0.549. The molecule has 35 heavy (non-hydrogen) atoms. The summed E-state index contributed by atoms with van der Waals surface area (Å²) in [5.74, 6) is -0.661. The molecule has 0 atom stereocenters. The Kier molecular flexibility index (Phi) is 8.08. The normalized spacial score (nSPS) is 11.3. The lowest BCUT2D eigenvalue weighted by Gasteiger charge is -2.13. The summed E-state index contributed by atoms with van der Waals surface area (Å²) in [6.07, 6.45) is -1.54. The van der Waals surface area contributed by atoms with Crippen molar-refractivity contribution in [1.29, 1.82) is 0 Å². The summed E-state index contributed by atoms with van der Waals surface area (Å²) in [4.78, 5) is 31.4. The minimum absolute atomic E-state index is 0.149. The molecule has 3 aromatic rings. The number of carbonyl (C=O) groups is 2. The van der Waals surface area contributed by atoms with Gasteiger partial charge >= 0.3 is 6.18 Å². The van der Waals surface area contributed by atoms with E-state index in [-0.39, 0.29) is 16.8 Å². The van der Waals surface area contributed by atoms with Gasteiger partial charge in [0.1, 0.15) is 12.4 Å². The zero-order chi connectivity index (χ0) is 25.6. The Morgan fingerprint density at radius 2 is 1.71 bits per heavy atom. The quantitative estimate of drug-likeness (QED) is 0.476. The van der Waals surface area contributed by atoms with Crippen LogP contribution < -0.4 is 15.4 Å². The third-order valence-corrected chi connectivity index (χ3v) is 4.97. The molecular weight excluding hydrogens is 461 g/mol. The maximum atomic E-state index is 13.0. The molecule has 0 fully saturated rings. The molecule has 0 spiro atoms. The van der Waals surface area contributed by atoms with E-state index in [2.05, 4.69) is 15.6 Å². The molecule has 10 heteroatoms. The van der Waals surface area contributed by atoms with E-state index in [0.717, 1.165) is 24.7 Å². The average molecular weight is 486 g/mol. The molecule has 0 unspecified atom stereocenters. The van der Waals surface area contributed by atoms with E-state index in [1.807, 2.05) is 19.0 Å². The van der Waals surface area contributed by atoms with E-state index in [9.17, 15) is 22.8 Å². The van der Waals surface area contributed by atoms with Crippen molar-refractivity contribution in [2.24, 2.45) is 0 Å². The monoisotopic (exact) mass is 486 g/mol. The highest BCUT2D eigenvalue weighted by molar-refractivity contribution is 6.08. The smallest absolute Gasteiger partial charge is 0.416 e. The van der Waals surface area contributed by atoms with Crippen LogP contribution in [0.1, 0.15) is 31.8 Å². The summed E-state index contributed by atoms with van der Waals surface area (Å²) < 4.78 is 44.5. The van der Waals surface area contributed by atoms with Gasteiger partial charge in [0, 0.05) is 29.4 Å². The number of hydrogen-bond acceptors (Lipinski definition) is 5. The fourth-order valence-corrected chi connectivity index (χ4v) is 3.10. The van der Waals surface area contributed by atoms with E-state index in [0.29, 0.717) is 23.6 Å². The van der Waals surface area contributed by atoms with Gasteiger partial charge in [-0.3, -0.25) is 14.6 Å². The second kappa shape index (κ2) is 11.0. The second-order valence-electron chi connectivity index (χ2n) is 8.08. The summed E-state index contributed by atoms with van der Waals surface area (Å²) in [6.45, 7) is 2.90. The van der Waals surface area contributed by atoms with Crippen LogP contribution in [0.4, 0.5) is 24.5 Å².